The first-order valence-electron chi connectivity index (χ1n) is 8.29. The summed E-state index contributed by atoms with van der Waals surface area (Å²) < 4.78 is 31.4. The Morgan fingerprint density at radius 2 is 2.00 bits per heavy atom. The predicted molar refractivity (Wildman–Crippen MR) is 91.2 cm³/mol. The zero-order valence-corrected chi connectivity index (χ0v) is 15.7. The second kappa shape index (κ2) is 6.00. The molecule has 1 saturated heterocycles. The van der Waals surface area contributed by atoms with Gasteiger partial charge in [-0.3, -0.25) is 4.68 Å². The molecule has 1 fully saturated rings. The van der Waals surface area contributed by atoms with Gasteiger partial charge in [0.15, 0.2) is 5.03 Å². The fourth-order valence-electron chi connectivity index (χ4n) is 3.44. The molecule has 0 radical (unpaired) electrons. The first-order valence-corrected chi connectivity index (χ1v) is 9.73. The number of aryl methyl sites for hydroxylation is 2. The molecule has 0 aromatic carbocycles. The summed E-state index contributed by atoms with van der Waals surface area (Å²) in [4.78, 5) is 4.14. The fraction of sp³-hybridized carbons (Fsp3) is 0.625. The molecular weight excluding hydrogens is 326 g/mol. The molecule has 24 heavy (non-hydrogen) atoms. The average molecular weight is 351 g/mol. The molecule has 3 heterocycles. The summed E-state index contributed by atoms with van der Waals surface area (Å²) in [5, 5.41) is 4.57. The molecule has 0 saturated carbocycles. The Labute approximate surface area is 143 Å². The lowest BCUT2D eigenvalue weighted by atomic mass is 10.0. The van der Waals surface area contributed by atoms with Crippen LogP contribution in [0.2, 0.25) is 0 Å². The molecule has 0 aliphatic carbocycles. The van der Waals surface area contributed by atoms with E-state index in [1.807, 2.05) is 44.0 Å². The topological polar surface area (TPSA) is 73.0 Å². The van der Waals surface area contributed by atoms with E-state index in [1.165, 1.54) is 0 Å². The van der Waals surface area contributed by atoms with Crippen molar-refractivity contribution in [3.8, 4) is 0 Å². The second-order valence-corrected chi connectivity index (χ2v) is 8.57. The lowest BCUT2D eigenvalue weighted by Gasteiger charge is -2.23. The molecule has 8 heteroatoms. The van der Waals surface area contributed by atoms with E-state index in [0.717, 1.165) is 29.8 Å². The number of hydrogen-bond donors (Lipinski definition) is 0. The van der Waals surface area contributed by atoms with Crippen LogP contribution in [0.15, 0.2) is 17.6 Å². The van der Waals surface area contributed by atoms with Gasteiger partial charge in [-0.15, -0.1) is 0 Å². The van der Waals surface area contributed by atoms with E-state index < -0.39 is 10.0 Å². The maximum atomic E-state index is 13.1. The van der Waals surface area contributed by atoms with Crippen LogP contribution in [0.1, 0.15) is 55.7 Å². The molecule has 1 unspecified atom stereocenters. The Hall–Kier alpha value is -1.67. The van der Waals surface area contributed by atoms with Crippen LogP contribution in [0, 0.1) is 13.8 Å². The van der Waals surface area contributed by atoms with Crippen molar-refractivity contribution < 1.29 is 8.42 Å². The maximum Gasteiger partial charge on any atom is 0.262 e. The normalized spacial score (nSPS) is 19.5. The van der Waals surface area contributed by atoms with Crippen LogP contribution in [0.4, 0.5) is 0 Å². The van der Waals surface area contributed by atoms with Crippen molar-refractivity contribution in [1.29, 1.82) is 0 Å². The molecule has 0 N–H and O–H groups in total. The molecule has 7 nitrogen and oxygen atoms in total. The van der Waals surface area contributed by atoms with Gasteiger partial charge in [-0.2, -0.15) is 9.40 Å². The quantitative estimate of drug-likeness (QED) is 0.847. The summed E-state index contributed by atoms with van der Waals surface area (Å²) in [6.45, 7) is 8.46. The standard InChI is InChI=1S/C16H25N5O2S/c1-11(2)20-9-15(17-10-20)24(22,23)21-8-6-7-14(21)16-12(3)18-19(5)13(16)4/h9-11,14H,6-8H2,1-5H3. The molecule has 1 aliphatic rings. The zero-order chi connectivity index (χ0) is 17.6. The van der Waals surface area contributed by atoms with Crippen LogP contribution in [-0.4, -0.2) is 38.6 Å². The second-order valence-electron chi connectivity index (χ2n) is 6.73. The number of hydrogen-bond acceptors (Lipinski definition) is 4. The van der Waals surface area contributed by atoms with E-state index in [4.69, 9.17) is 0 Å². The van der Waals surface area contributed by atoms with E-state index in [1.54, 1.807) is 16.8 Å². The van der Waals surface area contributed by atoms with Gasteiger partial charge < -0.3 is 4.57 Å². The zero-order valence-electron chi connectivity index (χ0n) is 14.9. The number of aromatic nitrogens is 4. The third kappa shape index (κ3) is 2.67. The lowest BCUT2D eigenvalue weighted by Crippen LogP contribution is -2.31. The van der Waals surface area contributed by atoms with Crippen molar-refractivity contribution in [2.75, 3.05) is 6.54 Å². The van der Waals surface area contributed by atoms with Gasteiger partial charge >= 0.3 is 0 Å². The molecular formula is C16H25N5O2S. The van der Waals surface area contributed by atoms with Gasteiger partial charge in [-0.05, 0) is 40.5 Å². The number of nitrogens with zero attached hydrogens (tertiary/aromatic N) is 5. The third-order valence-electron chi connectivity index (χ3n) is 4.85. The molecule has 1 atom stereocenters. The van der Waals surface area contributed by atoms with Gasteiger partial charge in [0.05, 0.1) is 18.1 Å². The number of sulfonamides is 1. The molecule has 0 bridgehead atoms. The monoisotopic (exact) mass is 351 g/mol. The summed E-state index contributed by atoms with van der Waals surface area (Å²) >= 11 is 0. The fourth-order valence-corrected chi connectivity index (χ4v) is 5.03. The molecule has 2 aromatic heterocycles. The van der Waals surface area contributed by atoms with Gasteiger partial charge in [0.25, 0.3) is 10.0 Å². The average Bonchev–Trinajstić information content (AvgIpc) is 3.20. The predicted octanol–water partition coefficient (Wildman–Crippen LogP) is 2.34. The Balaban J connectivity index is 2.00. The summed E-state index contributed by atoms with van der Waals surface area (Å²) in [7, 11) is -1.72. The van der Waals surface area contributed by atoms with Crippen LogP contribution in [-0.2, 0) is 17.1 Å². The minimum Gasteiger partial charge on any atom is -0.334 e. The van der Waals surface area contributed by atoms with E-state index in [9.17, 15) is 8.42 Å². The summed E-state index contributed by atoms with van der Waals surface area (Å²) in [5.41, 5.74) is 2.95. The van der Waals surface area contributed by atoms with Gasteiger partial charge in [-0.1, -0.05) is 0 Å². The van der Waals surface area contributed by atoms with E-state index in [2.05, 4.69) is 10.1 Å². The minimum absolute atomic E-state index is 0.127. The Bertz CT molecular complexity index is 850. The highest BCUT2D eigenvalue weighted by Gasteiger charge is 2.39. The van der Waals surface area contributed by atoms with Crippen molar-refractivity contribution in [3.63, 3.8) is 0 Å². The first-order chi connectivity index (χ1) is 11.2. The van der Waals surface area contributed by atoms with Crippen molar-refractivity contribution in [2.45, 2.75) is 57.6 Å². The molecule has 2 aromatic rings. The molecule has 0 spiro atoms. The van der Waals surface area contributed by atoms with Gasteiger partial charge in [0, 0.05) is 37.1 Å². The van der Waals surface area contributed by atoms with Crippen LogP contribution in [0.5, 0.6) is 0 Å². The Kier molecular flexibility index (Phi) is 4.29. The van der Waals surface area contributed by atoms with Gasteiger partial charge in [0.2, 0.25) is 0 Å². The minimum atomic E-state index is -3.61. The maximum absolute atomic E-state index is 13.1. The smallest absolute Gasteiger partial charge is 0.262 e. The van der Waals surface area contributed by atoms with Crippen LogP contribution in [0.3, 0.4) is 0 Å². The van der Waals surface area contributed by atoms with Crippen LogP contribution >= 0.6 is 0 Å². The summed E-state index contributed by atoms with van der Waals surface area (Å²) in [6, 6.07) is 0.0199. The van der Waals surface area contributed by atoms with Crippen molar-refractivity contribution in [1.82, 2.24) is 23.6 Å². The molecule has 0 amide bonds. The number of rotatable bonds is 4. The van der Waals surface area contributed by atoms with Crippen molar-refractivity contribution >= 4 is 10.0 Å². The Morgan fingerprint density at radius 1 is 1.29 bits per heavy atom. The molecule has 132 valence electrons. The van der Waals surface area contributed by atoms with Gasteiger partial charge in [-0.25, -0.2) is 13.4 Å². The Morgan fingerprint density at radius 3 is 2.54 bits per heavy atom. The van der Waals surface area contributed by atoms with Crippen molar-refractivity contribution in [2.24, 2.45) is 7.05 Å². The first kappa shape index (κ1) is 17.2. The highest BCUT2D eigenvalue weighted by atomic mass is 32.2. The third-order valence-corrected chi connectivity index (χ3v) is 6.64. The van der Waals surface area contributed by atoms with E-state index >= 15 is 0 Å². The van der Waals surface area contributed by atoms with E-state index in [-0.39, 0.29) is 17.1 Å². The highest BCUT2D eigenvalue weighted by Crippen LogP contribution is 2.38. The number of imidazole rings is 1. The summed E-state index contributed by atoms with van der Waals surface area (Å²) in [6.07, 6.45) is 4.88. The largest absolute Gasteiger partial charge is 0.334 e. The highest BCUT2D eigenvalue weighted by molar-refractivity contribution is 7.89. The van der Waals surface area contributed by atoms with Crippen LogP contribution in [0.25, 0.3) is 0 Å². The summed E-state index contributed by atoms with van der Waals surface area (Å²) in [5.74, 6) is 0. The molecule has 1 aliphatic heterocycles. The van der Waals surface area contributed by atoms with Crippen molar-refractivity contribution in [3.05, 3.63) is 29.5 Å². The SMILES string of the molecule is Cc1nn(C)c(C)c1C1CCCN1S(=O)(=O)c1cn(C(C)C)cn1. The van der Waals surface area contributed by atoms with Crippen LogP contribution < -0.4 is 0 Å². The van der Waals surface area contributed by atoms with E-state index in [0.29, 0.717) is 6.54 Å². The molecule has 3 rings (SSSR count). The lowest BCUT2D eigenvalue weighted by molar-refractivity contribution is 0.392. The van der Waals surface area contributed by atoms with Gasteiger partial charge in [0.1, 0.15) is 0 Å².